The zero-order valence-corrected chi connectivity index (χ0v) is 16.7. The lowest BCUT2D eigenvalue weighted by Gasteiger charge is -2.20. The molecule has 140 valence electrons. The number of anilines is 1. The van der Waals surface area contributed by atoms with Gasteiger partial charge in [-0.05, 0) is 30.2 Å². The zero-order chi connectivity index (χ0) is 18.5. The average molecular weight is 393 g/mol. The number of hydrogen-bond acceptors (Lipinski definition) is 6. The summed E-state index contributed by atoms with van der Waals surface area (Å²) >= 11 is 2.80. The summed E-state index contributed by atoms with van der Waals surface area (Å²) in [5.74, 6) is -0.0544. The van der Waals surface area contributed by atoms with E-state index in [0.29, 0.717) is 15.9 Å². The Bertz CT molecular complexity index is 736. The molecule has 2 aromatic heterocycles. The molecule has 0 radical (unpaired) electrons. The lowest BCUT2D eigenvalue weighted by molar-refractivity contribution is -0.118. The van der Waals surface area contributed by atoms with Gasteiger partial charge in [-0.2, -0.15) is 0 Å². The van der Waals surface area contributed by atoms with Crippen LogP contribution in [-0.2, 0) is 4.79 Å². The molecule has 8 heteroatoms. The Morgan fingerprint density at radius 2 is 1.96 bits per heavy atom. The Morgan fingerprint density at radius 3 is 2.62 bits per heavy atom. The van der Waals surface area contributed by atoms with E-state index in [9.17, 15) is 9.59 Å². The van der Waals surface area contributed by atoms with Crippen LogP contribution in [0.25, 0.3) is 0 Å². The molecule has 6 nitrogen and oxygen atoms in total. The Morgan fingerprint density at radius 1 is 1.19 bits per heavy atom. The first-order chi connectivity index (χ1) is 12.5. The molecule has 2 amide bonds. The van der Waals surface area contributed by atoms with Gasteiger partial charge in [0.25, 0.3) is 5.91 Å². The predicted molar refractivity (Wildman–Crippen MR) is 105 cm³/mol. The van der Waals surface area contributed by atoms with Crippen molar-refractivity contribution in [3.8, 4) is 0 Å². The number of hydrogen-bond donors (Lipinski definition) is 2. The Kier molecular flexibility index (Phi) is 6.37. The molecule has 2 N–H and O–H groups in total. The summed E-state index contributed by atoms with van der Waals surface area (Å²) in [7, 11) is 0. The molecule has 1 fully saturated rings. The minimum Gasteiger partial charge on any atom is -0.339 e. The first-order valence-corrected chi connectivity index (χ1v) is 10.7. The molecular formula is C18H24N4O2S2. The fourth-order valence-electron chi connectivity index (χ4n) is 3.14. The molecule has 1 aliphatic rings. The van der Waals surface area contributed by atoms with Gasteiger partial charge in [-0.1, -0.05) is 50.5 Å². The number of nitrogens with zero attached hydrogens (tertiary/aromatic N) is 2. The summed E-state index contributed by atoms with van der Waals surface area (Å²) in [5.41, 5.74) is 0. The highest BCUT2D eigenvalue weighted by atomic mass is 32.1. The van der Waals surface area contributed by atoms with Crippen molar-refractivity contribution in [1.29, 1.82) is 0 Å². The maximum Gasteiger partial charge on any atom is 0.262 e. The standard InChI is InChI=1S/C18H24N4O2S2/c1-11(2)14(19-15(23)13-9-6-10-25-13)16(24)20-18-22-21-17(26-18)12-7-4-3-5-8-12/h6,9-12,14H,3-5,7-8H2,1-2H3,(H,19,23)(H,20,22,24). The molecule has 0 spiro atoms. The second-order valence-corrected chi connectivity index (χ2v) is 8.90. The van der Waals surface area contributed by atoms with Crippen LogP contribution in [0.5, 0.6) is 0 Å². The van der Waals surface area contributed by atoms with E-state index in [2.05, 4.69) is 20.8 Å². The zero-order valence-electron chi connectivity index (χ0n) is 15.0. The van der Waals surface area contributed by atoms with Crippen LogP contribution in [0.15, 0.2) is 17.5 Å². The van der Waals surface area contributed by atoms with E-state index >= 15 is 0 Å². The van der Waals surface area contributed by atoms with Gasteiger partial charge in [0.15, 0.2) is 0 Å². The highest BCUT2D eigenvalue weighted by Crippen LogP contribution is 2.35. The summed E-state index contributed by atoms with van der Waals surface area (Å²) in [6.07, 6.45) is 6.05. The molecule has 0 aromatic carbocycles. The normalized spacial score (nSPS) is 16.4. The first-order valence-electron chi connectivity index (χ1n) is 9.03. The van der Waals surface area contributed by atoms with E-state index in [1.165, 1.54) is 41.9 Å². The van der Waals surface area contributed by atoms with E-state index in [-0.39, 0.29) is 17.7 Å². The topological polar surface area (TPSA) is 84.0 Å². The average Bonchev–Trinajstić information content (AvgIpc) is 3.32. The monoisotopic (exact) mass is 392 g/mol. The van der Waals surface area contributed by atoms with Crippen LogP contribution >= 0.6 is 22.7 Å². The van der Waals surface area contributed by atoms with Gasteiger partial charge in [-0.25, -0.2) is 0 Å². The fourth-order valence-corrected chi connectivity index (χ4v) is 4.68. The molecule has 2 aromatic rings. The molecule has 3 rings (SSSR count). The number of carbonyl (C=O) groups is 2. The van der Waals surface area contributed by atoms with Crippen molar-refractivity contribution in [1.82, 2.24) is 15.5 Å². The third kappa shape index (κ3) is 4.67. The smallest absolute Gasteiger partial charge is 0.262 e. The van der Waals surface area contributed by atoms with Gasteiger partial charge in [0.1, 0.15) is 11.0 Å². The lowest BCUT2D eigenvalue weighted by Crippen LogP contribution is -2.46. The molecule has 26 heavy (non-hydrogen) atoms. The van der Waals surface area contributed by atoms with Gasteiger partial charge in [0, 0.05) is 5.92 Å². The van der Waals surface area contributed by atoms with Crippen LogP contribution in [0.3, 0.4) is 0 Å². The number of rotatable bonds is 6. The van der Waals surface area contributed by atoms with E-state index < -0.39 is 6.04 Å². The van der Waals surface area contributed by atoms with Crippen LogP contribution in [0, 0.1) is 5.92 Å². The highest BCUT2D eigenvalue weighted by Gasteiger charge is 2.27. The van der Waals surface area contributed by atoms with Crippen LogP contribution in [-0.4, -0.2) is 28.1 Å². The number of carbonyl (C=O) groups excluding carboxylic acids is 2. The number of aromatic nitrogens is 2. The van der Waals surface area contributed by atoms with Gasteiger partial charge in [-0.15, -0.1) is 21.5 Å². The number of thiophene rings is 1. The van der Waals surface area contributed by atoms with Gasteiger partial charge < -0.3 is 5.32 Å². The molecule has 0 saturated heterocycles. The van der Waals surface area contributed by atoms with E-state index in [4.69, 9.17) is 0 Å². The highest BCUT2D eigenvalue weighted by molar-refractivity contribution is 7.15. The third-order valence-electron chi connectivity index (χ3n) is 4.61. The van der Waals surface area contributed by atoms with Crippen LogP contribution in [0.4, 0.5) is 5.13 Å². The van der Waals surface area contributed by atoms with Crippen molar-refractivity contribution < 1.29 is 9.59 Å². The summed E-state index contributed by atoms with van der Waals surface area (Å²) in [5, 5.41) is 17.4. The van der Waals surface area contributed by atoms with Gasteiger partial charge in [-0.3, -0.25) is 14.9 Å². The predicted octanol–water partition coefficient (Wildman–Crippen LogP) is 4.04. The number of amides is 2. The largest absolute Gasteiger partial charge is 0.339 e. The van der Waals surface area contributed by atoms with Crippen molar-refractivity contribution in [3.05, 3.63) is 27.4 Å². The maximum absolute atomic E-state index is 12.7. The fraction of sp³-hybridized carbons (Fsp3) is 0.556. The molecule has 0 bridgehead atoms. The molecule has 1 saturated carbocycles. The third-order valence-corrected chi connectivity index (χ3v) is 6.48. The minimum atomic E-state index is -0.619. The summed E-state index contributed by atoms with van der Waals surface area (Å²) in [6.45, 7) is 3.82. The minimum absolute atomic E-state index is 0.0374. The van der Waals surface area contributed by atoms with Gasteiger partial charge in [0.05, 0.1) is 4.88 Å². The van der Waals surface area contributed by atoms with Crippen LogP contribution in [0.2, 0.25) is 0 Å². The quantitative estimate of drug-likeness (QED) is 0.777. The Labute approximate surface area is 161 Å². The summed E-state index contributed by atoms with van der Waals surface area (Å²) in [4.78, 5) is 25.5. The second kappa shape index (κ2) is 8.73. The molecule has 1 unspecified atom stereocenters. The van der Waals surface area contributed by atoms with Crippen molar-refractivity contribution in [2.45, 2.75) is 57.9 Å². The SMILES string of the molecule is CC(C)C(NC(=O)c1cccs1)C(=O)Nc1nnc(C2CCCCC2)s1. The van der Waals surface area contributed by atoms with E-state index in [1.54, 1.807) is 6.07 Å². The van der Waals surface area contributed by atoms with Gasteiger partial charge in [0.2, 0.25) is 11.0 Å². The first kappa shape index (κ1) is 19.0. The van der Waals surface area contributed by atoms with Crippen LogP contribution < -0.4 is 10.6 Å². The Hall–Kier alpha value is -1.80. The molecule has 1 aliphatic carbocycles. The molecule has 2 heterocycles. The molecule has 0 aliphatic heterocycles. The van der Waals surface area contributed by atoms with Crippen LogP contribution in [0.1, 0.15) is 66.5 Å². The summed E-state index contributed by atoms with van der Waals surface area (Å²) < 4.78 is 0. The van der Waals surface area contributed by atoms with Crippen molar-refractivity contribution in [2.75, 3.05) is 5.32 Å². The lowest BCUT2D eigenvalue weighted by atomic mass is 9.90. The Balaban J connectivity index is 1.62. The second-order valence-electron chi connectivity index (χ2n) is 6.94. The van der Waals surface area contributed by atoms with Gasteiger partial charge >= 0.3 is 0 Å². The summed E-state index contributed by atoms with van der Waals surface area (Å²) in [6, 6.07) is 2.95. The number of nitrogens with one attached hydrogen (secondary N) is 2. The molecular weight excluding hydrogens is 368 g/mol. The van der Waals surface area contributed by atoms with E-state index in [1.807, 2.05) is 25.3 Å². The van der Waals surface area contributed by atoms with Crippen molar-refractivity contribution in [2.24, 2.45) is 5.92 Å². The van der Waals surface area contributed by atoms with E-state index in [0.717, 1.165) is 17.8 Å². The van der Waals surface area contributed by atoms with Crippen molar-refractivity contribution in [3.63, 3.8) is 0 Å². The maximum atomic E-state index is 12.7. The van der Waals surface area contributed by atoms with Crippen molar-refractivity contribution >= 4 is 39.6 Å². The molecule has 1 atom stereocenters.